The second-order valence-corrected chi connectivity index (χ2v) is 3.07. The molecule has 1 unspecified atom stereocenters. The number of hydrogen-bond donors (Lipinski definition) is 1. The highest BCUT2D eigenvalue weighted by Gasteiger charge is 2.21. The summed E-state index contributed by atoms with van der Waals surface area (Å²) < 4.78 is 2.07. The Labute approximate surface area is 70.5 Å². The van der Waals surface area contributed by atoms with E-state index in [9.17, 15) is 0 Å². The van der Waals surface area contributed by atoms with Gasteiger partial charge >= 0.3 is 0 Å². The summed E-state index contributed by atoms with van der Waals surface area (Å²) >= 11 is 0. The van der Waals surface area contributed by atoms with E-state index in [0.29, 0.717) is 6.04 Å². The topological polar surface area (TPSA) is 50.4 Å². The van der Waals surface area contributed by atoms with E-state index < -0.39 is 0 Å². The molecule has 0 aromatic carbocycles. The van der Waals surface area contributed by atoms with Crippen molar-refractivity contribution >= 4 is 5.71 Å². The molecule has 0 radical (unpaired) electrons. The summed E-state index contributed by atoms with van der Waals surface area (Å²) in [7, 11) is 0. The SMILES string of the molecule is O/N=C1\CCC(n2ccnc2)C1. The van der Waals surface area contributed by atoms with Crippen LogP contribution in [0.1, 0.15) is 25.3 Å². The third kappa shape index (κ3) is 1.20. The minimum atomic E-state index is 0.443. The van der Waals surface area contributed by atoms with Crippen molar-refractivity contribution in [1.82, 2.24) is 9.55 Å². The van der Waals surface area contributed by atoms with E-state index >= 15 is 0 Å². The van der Waals surface area contributed by atoms with E-state index in [1.807, 2.05) is 12.5 Å². The minimum absolute atomic E-state index is 0.443. The van der Waals surface area contributed by atoms with E-state index in [1.165, 1.54) is 0 Å². The van der Waals surface area contributed by atoms with Crippen LogP contribution in [0.4, 0.5) is 0 Å². The van der Waals surface area contributed by atoms with Crippen molar-refractivity contribution in [2.24, 2.45) is 5.16 Å². The van der Waals surface area contributed by atoms with Gasteiger partial charge in [0.1, 0.15) is 0 Å². The van der Waals surface area contributed by atoms with Crippen LogP contribution in [0.3, 0.4) is 0 Å². The molecule has 0 bridgehead atoms. The smallest absolute Gasteiger partial charge is 0.0948 e. The zero-order valence-corrected chi connectivity index (χ0v) is 6.72. The predicted octanol–water partition coefficient (Wildman–Crippen LogP) is 1.44. The zero-order chi connectivity index (χ0) is 8.39. The van der Waals surface area contributed by atoms with Gasteiger partial charge in [-0.3, -0.25) is 0 Å². The Balaban J connectivity index is 2.10. The van der Waals surface area contributed by atoms with Gasteiger partial charge in [0, 0.05) is 24.9 Å². The molecule has 0 aliphatic heterocycles. The molecule has 2 rings (SSSR count). The Kier molecular flexibility index (Phi) is 1.81. The number of imidazole rings is 1. The van der Waals surface area contributed by atoms with Gasteiger partial charge in [-0.1, -0.05) is 5.16 Å². The predicted molar refractivity (Wildman–Crippen MR) is 44.3 cm³/mol. The summed E-state index contributed by atoms with van der Waals surface area (Å²) in [4.78, 5) is 3.98. The van der Waals surface area contributed by atoms with Crippen LogP contribution in [0.5, 0.6) is 0 Å². The van der Waals surface area contributed by atoms with Crippen LogP contribution in [0.25, 0.3) is 0 Å². The Hall–Kier alpha value is -1.32. The Morgan fingerprint density at radius 2 is 2.58 bits per heavy atom. The van der Waals surface area contributed by atoms with Gasteiger partial charge in [-0.05, 0) is 12.8 Å². The molecule has 1 aromatic heterocycles. The average Bonchev–Trinajstić information content (AvgIpc) is 2.75. The highest BCUT2D eigenvalue weighted by Crippen LogP contribution is 2.27. The van der Waals surface area contributed by atoms with E-state index in [4.69, 9.17) is 5.21 Å². The average molecular weight is 165 g/mol. The highest BCUT2D eigenvalue weighted by molar-refractivity contribution is 5.86. The van der Waals surface area contributed by atoms with Crippen molar-refractivity contribution in [2.75, 3.05) is 0 Å². The molecule has 4 nitrogen and oxygen atoms in total. The minimum Gasteiger partial charge on any atom is -0.411 e. The fourth-order valence-electron chi connectivity index (χ4n) is 1.64. The van der Waals surface area contributed by atoms with E-state index in [0.717, 1.165) is 25.0 Å². The van der Waals surface area contributed by atoms with Crippen LogP contribution in [0, 0.1) is 0 Å². The second-order valence-electron chi connectivity index (χ2n) is 3.07. The van der Waals surface area contributed by atoms with Gasteiger partial charge in [0.15, 0.2) is 0 Å². The first-order valence-corrected chi connectivity index (χ1v) is 4.07. The number of nitrogens with zero attached hydrogens (tertiary/aromatic N) is 3. The molecule has 0 saturated heterocycles. The largest absolute Gasteiger partial charge is 0.411 e. The lowest BCUT2D eigenvalue weighted by molar-refractivity contribution is 0.317. The molecular weight excluding hydrogens is 154 g/mol. The van der Waals surface area contributed by atoms with Crippen LogP contribution in [-0.4, -0.2) is 20.5 Å². The number of hydrogen-bond acceptors (Lipinski definition) is 3. The lowest BCUT2D eigenvalue weighted by Gasteiger charge is -2.08. The maximum atomic E-state index is 8.54. The van der Waals surface area contributed by atoms with Crippen LogP contribution >= 0.6 is 0 Å². The van der Waals surface area contributed by atoms with E-state index in [2.05, 4.69) is 14.7 Å². The monoisotopic (exact) mass is 165 g/mol. The molecule has 0 spiro atoms. The second kappa shape index (κ2) is 2.97. The maximum absolute atomic E-state index is 8.54. The van der Waals surface area contributed by atoms with Gasteiger partial charge in [-0.15, -0.1) is 0 Å². The quantitative estimate of drug-likeness (QED) is 0.505. The van der Waals surface area contributed by atoms with Gasteiger partial charge in [0.25, 0.3) is 0 Å². The lowest BCUT2D eigenvalue weighted by Crippen LogP contribution is -2.02. The van der Waals surface area contributed by atoms with Crippen molar-refractivity contribution < 1.29 is 5.21 Å². The van der Waals surface area contributed by atoms with Crippen LogP contribution < -0.4 is 0 Å². The van der Waals surface area contributed by atoms with Gasteiger partial charge in [-0.25, -0.2) is 4.98 Å². The summed E-state index contributed by atoms with van der Waals surface area (Å²) in [5, 5.41) is 11.8. The molecule has 1 fully saturated rings. The molecule has 1 atom stereocenters. The fraction of sp³-hybridized carbons (Fsp3) is 0.500. The first-order chi connectivity index (χ1) is 5.90. The molecule has 1 aliphatic rings. The van der Waals surface area contributed by atoms with Gasteiger partial charge in [0.05, 0.1) is 12.0 Å². The molecule has 12 heavy (non-hydrogen) atoms. The summed E-state index contributed by atoms with van der Waals surface area (Å²) in [6.07, 6.45) is 8.34. The van der Waals surface area contributed by atoms with Crippen molar-refractivity contribution in [3.05, 3.63) is 18.7 Å². The van der Waals surface area contributed by atoms with Crippen molar-refractivity contribution in [1.29, 1.82) is 0 Å². The summed E-state index contributed by atoms with van der Waals surface area (Å²) in [6.45, 7) is 0. The summed E-state index contributed by atoms with van der Waals surface area (Å²) in [6, 6.07) is 0.443. The Morgan fingerprint density at radius 1 is 1.67 bits per heavy atom. The molecule has 64 valence electrons. The first-order valence-electron chi connectivity index (χ1n) is 4.07. The van der Waals surface area contributed by atoms with Crippen molar-refractivity contribution in [3.8, 4) is 0 Å². The summed E-state index contributed by atoms with van der Waals surface area (Å²) in [5.74, 6) is 0. The van der Waals surface area contributed by atoms with Crippen LogP contribution in [-0.2, 0) is 0 Å². The van der Waals surface area contributed by atoms with E-state index in [1.54, 1.807) is 6.20 Å². The maximum Gasteiger partial charge on any atom is 0.0948 e. The van der Waals surface area contributed by atoms with E-state index in [-0.39, 0.29) is 0 Å². The third-order valence-corrected chi connectivity index (χ3v) is 2.33. The molecule has 1 heterocycles. The Bertz CT molecular complexity index is 279. The first kappa shape index (κ1) is 7.34. The highest BCUT2D eigenvalue weighted by atomic mass is 16.4. The molecule has 1 aromatic rings. The zero-order valence-electron chi connectivity index (χ0n) is 6.72. The summed E-state index contributed by atoms with van der Waals surface area (Å²) in [5.41, 5.74) is 0.897. The van der Waals surface area contributed by atoms with Crippen LogP contribution in [0.2, 0.25) is 0 Å². The fourth-order valence-corrected chi connectivity index (χ4v) is 1.64. The van der Waals surface area contributed by atoms with Gasteiger partial charge in [0.2, 0.25) is 0 Å². The number of aromatic nitrogens is 2. The van der Waals surface area contributed by atoms with Gasteiger partial charge < -0.3 is 9.77 Å². The lowest BCUT2D eigenvalue weighted by atomic mass is 10.2. The molecule has 1 N–H and O–H groups in total. The third-order valence-electron chi connectivity index (χ3n) is 2.33. The normalized spacial score (nSPS) is 26.7. The molecule has 1 aliphatic carbocycles. The number of rotatable bonds is 1. The van der Waals surface area contributed by atoms with Crippen molar-refractivity contribution in [3.63, 3.8) is 0 Å². The Morgan fingerprint density at radius 3 is 3.17 bits per heavy atom. The standard InChI is InChI=1S/C8H11N3O/c12-10-7-1-2-8(5-7)11-4-3-9-6-11/h3-4,6,8,12H,1-2,5H2/b10-7+. The molecular formula is C8H11N3O. The van der Waals surface area contributed by atoms with Gasteiger partial charge in [-0.2, -0.15) is 0 Å². The van der Waals surface area contributed by atoms with Crippen LogP contribution in [0.15, 0.2) is 23.9 Å². The molecule has 0 amide bonds. The molecule has 4 heteroatoms. The number of oxime groups is 1. The molecule has 1 saturated carbocycles. The van der Waals surface area contributed by atoms with Crippen molar-refractivity contribution in [2.45, 2.75) is 25.3 Å².